The zero-order valence-corrected chi connectivity index (χ0v) is 10.4. The molecule has 0 fully saturated rings. The number of fused-ring (bicyclic) bond motifs is 1. The lowest BCUT2D eigenvalue weighted by molar-refractivity contribution is 0.288. The maximum absolute atomic E-state index is 11.9. The minimum absolute atomic E-state index is 0.0108. The van der Waals surface area contributed by atoms with Crippen LogP contribution >= 0.6 is 0 Å². The Kier molecular flexibility index (Phi) is 3.69. The van der Waals surface area contributed by atoms with E-state index >= 15 is 0 Å². The first-order valence-corrected chi connectivity index (χ1v) is 7.38. The van der Waals surface area contributed by atoms with Gasteiger partial charge in [0, 0.05) is 6.61 Å². The number of hydrogen-bond donors (Lipinski definition) is 1. The predicted octanol–water partition coefficient (Wildman–Crippen LogP) is 1.17. The largest absolute Gasteiger partial charge is 0.493 e. The molecule has 5 heteroatoms. The zero-order valence-electron chi connectivity index (χ0n) is 9.55. The molecule has 0 aliphatic carbocycles. The van der Waals surface area contributed by atoms with Crippen molar-refractivity contribution < 1.29 is 18.3 Å². The third-order valence-electron chi connectivity index (χ3n) is 2.81. The Balaban J connectivity index is 2.27. The molecule has 1 aromatic rings. The molecule has 0 bridgehead atoms. The van der Waals surface area contributed by atoms with Gasteiger partial charge < -0.3 is 9.84 Å². The quantitative estimate of drug-likeness (QED) is 0.878. The number of rotatable bonds is 4. The molecule has 0 aromatic heterocycles. The minimum atomic E-state index is -3.27. The van der Waals surface area contributed by atoms with Gasteiger partial charge in [-0.2, -0.15) is 0 Å². The third-order valence-corrected chi connectivity index (χ3v) is 4.61. The van der Waals surface area contributed by atoms with Crippen LogP contribution in [0.2, 0.25) is 0 Å². The highest BCUT2D eigenvalue weighted by Crippen LogP contribution is 2.27. The molecule has 0 spiro atoms. The molecule has 1 aromatic carbocycles. The van der Waals surface area contributed by atoms with Gasteiger partial charge in [-0.1, -0.05) is 0 Å². The van der Waals surface area contributed by atoms with E-state index in [2.05, 4.69) is 0 Å². The van der Waals surface area contributed by atoms with Crippen LogP contribution in [0.15, 0.2) is 23.1 Å². The first-order valence-electron chi connectivity index (χ1n) is 5.73. The lowest BCUT2D eigenvalue weighted by Gasteiger charge is -2.17. The second kappa shape index (κ2) is 5.06. The fraction of sp³-hybridized carbons (Fsp3) is 0.500. The first kappa shape index (κ1) is 12.4. The molecule has 1 aliphatic rings. The molecule has 1 N–H and O–H groups in total. The summed E-state index contributed by atoms with van der Waals surface area (Å²) in [6.45, 7) is 0.594. The molecule has 0 amide bonds. The lowest BCUT2D eigenvalue weighted by Crippen LogP contribution is -2.12. The Hall–Kier alpha value is -1.07. The van der Waals surface area contributed by atoms with Crippen molar-refractivity contribution in [2.24, 2.45) is 0 Å². The van der Waals surface area contributed by atoms with E-state index in [0.29, 0.717) is 11.5 Å². The van der Waals surface area contributed by atoms with Crippen LogP contribution in [-0.2, 0) is 16.3 Å². The number of hydrogen-bond acceptors (Lipinski definition) is 4. The lowest BCUT2D eigenvalue weighted by atomic mass is 10.1. The normalized spacial score (nSPS) is 15.1. The third kappa shape index (κ3) is 2.79. The molecule has 1 aliphatic heterocycles. The van der Waals surface area contributed by atoms with Crippen molar-refractivity contribution in [2.45, 2.75) is 24.2 Å². The van der Waals surface area contributed by atoms with Gasteiger partial charge >= 0.3 is 0 Å². The Morgan fingerprint density at radius 2 is 2.18 bits per heavy atom. The van der Waals surface area contributed by atoms with Gasteiger partial charge in [0.1, 0.15) is 5.75 Å². The van der Waals surface area contributed by atoms with E-state index < -0.39 is 9.84 Å². The molecule has 17 heavy (non-hydrogen) atoms. The van der Waals surface area contributed by atoms with Crippen molar-refractivity contribution in [1.29, 1.82) is 0 Å². The Morgan fingerprint density at radius 1 is 1.35 bits per heavy atom. The molecule has 0 saturated heterocycles. The van der Waals surface area contributed by atoms with Gasteiger partial charge in [-0.25, -0.2) is 8.42 Å². The van der Waals surface area contributed by atoms with Gasteiger partial charge in [-0.05, 0) is 43.0 Å². The van der Waals surface area contributed by atoms with E-state index in [-0.39, 0.29) is 18.8 Å². The molecular weight excluding hydrogens is 240 g/mol. The van der Waals surface area contributed by atoms with E-state index in [1.165, 1.54) is 0 Å². The van der Waals surface area contributed by atoms with E-state index in [1.54, 1.807) is 18.2 Å². The second-order valence-electron chi connectivity index (χ2n) is 4.12. The van der Waals surface area contributed by atoms with Crippen molar-refractivity contribution in [2.75, 3.05) is 19.0 Å². The van der Waals surface area contributed by atoms with Gasteiger partial charge in [0.25, 0.3) is 0 Å². The maximum Gasteiger partial charge on any atom is 0.178 e. The van der Waals surface area contributed by atoms with Crippen molar-refractivity contribution >= 4 is 9.84 Å². The number of sulfone groups is 1. The summed E-state index contributed by atoms with van der Waals surface area (Å²) in [4.78, 5) is 0.329. The molecular formula is C12H16O4S. The van der Waals surface area contributed by atoms with Crippen LogP contribution in [0.4, 0.5) is 0 Å². The fourth-order valence-corrected chi connectivity index (χ4v) is 3.24. The van der Waals surface area contributed by atoms with Crippen LogP contribution in [0, 0.1) is 0 Å². The Bertz CT molecular complexity index is 493. The van der Waals surface area contributed by atoms with E-state index in [9.17, 15) is 8.42 Å². The monoisotopic (exact) mass is 256 g/mol. The number of ether oxygens (including phenoxy) is 1. The minimum Gasteiger partial charge on any atom is -0.493 e. The number of aliphatic hydroxyl groups is 1. The van der Waals surface area contributed by atoms with Crippen LogP contribution < -0.4 is 4.74 Å². The van der Waals surface area contributed by atoms with Crippen molar-refractivity contribution in [3.05, 3.63) is 23.8 Å². The van der Waals surface area contributed by atoms with Crippen LogP contribution in [0.25, 0.3) is 0 Å². The SMILES string of the molecule is O=S(=O)(CCCO)c1ccc2c(c1)CCCO2. The molecule has 1 heterocycles. The van der Waals surface area contributed by atoms with Gasteiger partial charge in [-0.3, -0.25) is 0 Å². The molecule has 2 rings (SSSR count). The smallest absolute Gasteiger partial charge is 0.178 e. The highest BCUT2D eigenvalue weighted by molar-refractivity contribution is 7.91. The molecule has 94 valence electrons. The fourth-order valence-electron chi connectivity index (χ4n) is 1.90. The van der Waals surface area contributed by atoms with Gasteiger partial charge in [-0.15, -0.1) is 0 Å². The molecule has 4 nitrogen and oxygen atoms in total. The summed E-state index contributed by atoms with van der Waals surface area (Å²) in [5, 5.41) is 8.68. The predicted molar refractivity (Wildman–Crippen MR) is 64.0 cm³/mol. The highest BCUT2D eigenvalue weighted by Gasteiger charge is 2.17. The van der Waals surface area contributed by atoms with Crippen LogP contribution in [0.5, 0.6) is 5.75 Å². The number of benzene rings is 1. The maximum atomic E-state index is 11.9. The van der Waals surface area contributed by atoms with Crippen LogP contribution in [-0.4, -0.2) is 32.5 Å². The molecule has 0 radical (unpaired) electrons. The van der Waals surface area contributed by atoms with E-state index in [0.717, 1.165) is 24.2 Å². The standard InChI is InChI=1S/C12H16O4S/c13-6-2-8-17(14,15)11-4-5-12-10(9-11)3-1-7-16-12/h4-5,9,13H,1-3,6-8H2. The van der Waals surface area contributed by atoms with Gasteiger partial charge in [0.15, 0.2) is 9.84 Å². The highest BCUT2D eigenvalue weighted by atomic mass is 32.2. The van der Waals surface area contributed by atoms with Gasteiger partial charge in [0.05, 0.1) is 17.3 Å². The summed E-state index contributed by atoms with van der Waals surface area (Å²) in [5.41, 5.74) is 0.960. The number of aliphatic hydroxyl groups excluding tert-OH is 1. The molecule has 0 atom stereocenters. The summed E-state index contributed by atoms with van der Waals surface area (Å²) in [6, 6.07) is 5.00. The summed E-state index contributed by atoms with van der Waals surface area (Å²) in [6.07, 6.45) is 2.06. The summed E-state index contributed by atoms with van der Waals surface area (Å²) < 4.78 is 29.3. The second-order valence-corrected chi connectivity index (χ2v) is 6.23. The van der Waals surface area contributed by atoms with Crippen molar-refractivity contribution in [3.8, 4) is 5.75 Å². The van der Waals surface area contributed by atoms with Crippen LogP contribution in [0.3, 0.4) is 0 Å². The topological polar surface area (TPSA) is 63.6 Å². The Labute approximate surface area is 101 Å². The molecule has 0 unspecified atom stereocenters. The van der Waals surface area contributed by atoms with Crippen molar-refractivity contribution in [1.82, 2.24) is 0 Å². The average molecular weight is 256 g/mol. The van der Waals surface area contributed by atoms with E-state index in [4.69, 9.17) is 9.84 Å². The molecule has 0 saturated carbocycles. The number of aryl methyl sites for hydroxylation is 1. The van der Waals surface area contributed by atoms with Crippen molar-refractivity contribution in [3.63, 3.8) is 0 Å². The summed E-state index contributed by atoms with van der Waals surface area (Å²) in [5.74, 6) is 0.778. The average Bonchev–Trinajstić information content (AvgIpc) is 2.36. The summed E-state index contributed by atoms with van der Waals surface area (Å²) in [7, 11) is -3.27. The summed E-state index contributed by atoms with van der Waals surface area (Å²) >= 11 is 0. The zero-order chi connectivity index (χ0) is 12.3. The van der Waals surface area contributed by atoms with Gasteiger partial charge in [0.2, 0.25) is 0 Å². The Morgan fingerprint density at radius 3 is 2.94 bits per heavy atom. The van der Waals surface area contributed by atoms with Crippen LogP contribution in [0.1, 0.15) is 18.4 Å². The van der Waals surface area contributed by atoms with E-state index in [1.807, 2.05) is 0 Å². The first-order chi connectivity index (χ1) is 8.13.